The van der Waals surface area contributed by atoms with Gasteiger partial charge in [-0.05, 0) is 175 Å². The minimum absolute atomic E-state index is 0.0398. The van der Waals surface area contributed by atoms with E-state index >= 15 is 0 Å². The van der Waals surface area contributed by atoms with Crippen molar-refractivity contribution in [3.05, 3.63) is 99.6 Å². The molecule has 3 aliphatic rings. The van der Waals surface area contributed by atoms with Crippen molar-refractivity contribution in [2.75, 3.05) is 59.9 Å². The molecule has 2 atom stereocenters. The average Bonchev–Trinajstić information content (AvgIpc) is 3.92. The van der Waals surface area contributed by atoms with Gasteiger partial charge in [-0.2, -0.15) is 4.37 Å². The molecule has 0 saturated carbocycles. The van der Waals surface area contributed by atoms with Gasteiger partial charge in [0, 0.05) is 69.3 Å². The SMILES string of the molecule is CN1CC(C)(C)SC1c1cc(CCNCCCN(CCCNS(=O)(=O)c2ccc(O)c(C3SC(C)(C)CN3C)c2)Sc2cc(N=Nc3snc4ccc(Cl)cc34)c3c(c2O)C=CCC3(C)C)ccc1O. The van der Waals surface area contributed by atoms with Crippen LogP contribution in [-0.2, 0) is 21.9 Å². The monoisotopic (exact) mass is 1060 g/mol. The molecular formula is C51H65ClN8O5S5. The van der Waals surface area contributed by atoms with E-state index in [-0.39, 0.29) is 48.6 Å². The van der Waals surface area contributed by atoms with Crippen LogP contribution in [0.5, 0.6) is 17.2 Å². The highest BCUT2D eigenvalue weighted by atomic mass is 35.5. The zero-order valence-corrected chi connectivity index (χ0v) is 46.0. The predicted molar refractivity (Wildman–Crippen MR) is 292 cm³/mol. The quantitative estimate of drug-likeness (QED) is 0.0302. The molecule has 1 aliphatic carbocycles. The summed E-state index contributed by atoms with van der Waals surface area (Å²) in [4.78, 5) is 5.16. The van der Waals surface area contributed by atoms with E-state index in [2.05, 4.69) is 89.2 Å². The molecule has 0 bridgehead atoms. The number of hydrogen-bond donors (Lipinski definition) is 5. The maximum Gasteiger partial charge on any atom is 0.240 e. The molecule has 2 aliphatic heterocycles. The highest BCUT2D eigenvalue weighted by Crippen LogP contribution is 2.52. The van der Waals surface area contributed by atoms with E-state index in [4.69, 9.17) is 21.8 Å². The van der Waals surface area contributed by atoms with Crippen LogP contribution in [0, 0.1) is 0 Å². The Labute approximate surface area is 435 Å². The van der Waals surface area contributed by atoms with Crippen molar-refractivity contribution < 1.29 is 23.7 Å². The topological polar surface area (TPSA) is 166 Å². The number of nitrogens with zero attached hydrogens (tertiary/aromatic N) is 6. The molecule has 3 heterocycles. The first-order valence-corrected chi connectivity index (χ1v) is 28.8. The summed E-state index contributed by atoms with van der Waals surface area (Å²) in [6, 6.07) is 17.9. The first-order valence-electron chi connectivity index (χ1n) is 23.7. The van der Waals surface area contributed by atoms with E-state index in [9.17, 15) is 23.7 Å². The molecule has 2 fully saturated rings. The van der Waals surface area contributed by atoms with Gasteiger partial charge in [0.15, 0.2) is 5.00 Å². The Kier molecular flexibility index (Phi) is 16.3. The molecule has 4 aromatic carbocycles. The molecule has 376 valence electrons. The molecule has 13 nitrogen and oxygen atoms in total. The van der Waals surface area contributed by atoms with E-state index in [1.165, 1.54) is 35.6 Å². The molecule has 2 saturated heterocycles. The number of benzene rings is 4. The smallest absolute Gasteiger partial charge is 0.240 e. The Morgan fingerprint density at radius 1 is 0.843 bits per heavy atom. The van der Waals surface area contributed by atoms with E-state index in [1.54, 1.807) is 23.9 Å². The standard InChI is InChI=1S/C51H65ClN8O5S5/c1-49(2)20-9-12-35-44(49)40(55-56-46-36-27-33(52)14-16-39(36)57-68-46)29-43(45(35)63)69-60(24-10-21-53-23-19-32-13-17-41(61)37(26-32)47-58(7)30-50(3,4)66-47)25-11-22-54-70(64,65)34-15-18-42(62)38(28-34)48-59(8)31-51(5,6)67-48/h9,12-18,26-29,47-48,53-54,61-63H,10-11,19-25,30-31H2,1-8H3. The number of halogens is 1. The molecule has 19 heteroatoms. The van der Waals surface area contributed by atoms with Crippen LogP contribution in [0.25, 0.3) is 17.0 Å². The van der Waals surface area contributed by atoms with Crippen LogP contribution in [0.3, 0.4) is 0 Å². The number of sulfonamides is 1. The normalized spacial score (nSPS) is 20.1. The number of phenols is 3. The van der Waals surface area contributed by atoms with Gasteiger partial charge in [0.2, 0.25) is 10.0 Å². The average molecular weight is 1070 g/mol. The van der Waals surface area contributed by atoms with Crippen molar-refractivity contribution in [1.29, 1.82) is 0 Å². The highest BCUT2D eigenvalue weighted by molar-refractivity contribution is 8.01. The third-order valence-corrected chi connectivity index (χ3v) is 19.6. The molecule has 0 spiro atoms. The number of hydrogen-bond acceptors (Lipinski definition) is 16. The second-order valence-corrected chi connectivity index (χ2v) is 28.1. The minimum Gasteiger partial charge on any atom is -0.508 e. The molecule has 5 N–H and O–H groups in total. The maximum absolute atomic E-state index is 13.8. The summed E-state index contributed by atoms with van der Waals surface area (Å²) >= 11 is 12.6. The van der Waals surface area contributed by atoms with Crippen LogP contribution in [0.1, 0.15) is 99.4 Å². The molecule has 2 unspecified atom stereocenters. The Balaban J connectivity index is 0.977. The summed E-state index contributed by atoms with van der Waals surface area (Å²) in [6.45, 7) is 17.6. The Hall–Kier alpha value is -3.40. The van der Waals surface area contributed by atoms with E-state index in [0.717, 1.165) is 73.0 Å². The molecule has 0 amide bonds. The van der Waals surface area contributed by atoms with E-state index in [0.29, 0.717) is 57.0 Å². The lowest BCUT2D eigenvalue weighted by Gasteiger charge is -2.32. The number of fused-ring (bicyclic) bond motifs is 2. The molecular weight excluding hydrogens is 1000 g/mol. The molecule has 0 radical (unpaired) electrons. The number of azo groups is 1. The Bertz CT molecular complexity index is 2890. The first kappa shape index (κ1) is 52.9. The number of allylic oxidation sites excluding steroid dienone is 1. The summed E-state index contributed by atoms with van der Waals surface area (Å²) < 4.78 is 37.1. The Morgan fingerprint density at radius 3 is 2.17 bits per heavy atom. The number of rotatable bonds is 19. The van der Waals surface area contributed by atoms with Crippen molar-refractivity contribution >= 4 is 96.3 Å². The van der Waals surface area contributed by atoms with Crippen molar-refractivity contribution in [3.8, 4) is 17.2 Å². The highest BCUT2D eigenvalue weighted by Gasteiger charge is 2.40. The van der Waals surface area contributed by atoms with Gasteiger partial charge in [0.05, 0.1) is 31.7 Å². The van der Waals surface area contributed by atoms with Crippen molar-refractivity contribution in [2.24, 2.45) is 10.2 Å². The maximum atomic E-state index is 13.8. The number of nitrogens with one attached hydrogen (secondary N) is 2. The van der Waals surface area contributed by atoms with Gasteiger partial charge in [-0.15, -0.1) is 33.8 Å². The van der Waals surface area contributed by atoms with Gasteiger partial charge in [-0.3, -0.25) is 9.80 Å². The number of aromatic hydroxyl groups is 3. The molecule has 8 rings (SSSR count). The summed E-state index contributed by atoms with van der Waals surface area (Å²) in [5.74, 6) is 0.566. The predicted octanol–water partition coefficient (Wildman–Crippen LogP) is 12.0. The molecule has 70 heavy (non-hydrogen) atoms. The summed E-state index contributed by atoms with van der Waals surface area (Å²) in [6.07, 6.45) is 6.89. The van der Waals surface area contributed by atoms with Crippen molar-refractivity contribution in [3.63, 3.8) is 0 Å². The number of thioether (sulfide) groups is 2. The third-order valence-electron chi connectivity index (χ3n) is 12.9. The molecule has 1 aromatic heterocycles. The lowest BCUT2D eigenvalue weighted by Crippen LogP contribution is -2.29. The van der Waals surface area contributed by atoms with Gasteiger partial charge < -0.3 is 20.6 Å². The fraction of sp³-hybridized carbons (Fsp3) is 0.471. The summed E-state index contributed by atoms with van der Waals surface area (Å²) in [5, 5.41) is 48.8. The van der Waals surface area contributed by atoms with Gasteiger partial charge in [-0.25, -0.2) is 17.4 Å². The second kappa shape index (κ2) is 21.6. The number of phenolic OH excluding ortho intramolecular Hbond substituents is 3. The van der Waals surface area contributed by atoms with Gasteiger partial charge in [-0.1, -0.05) is 43.7 Å². The van der Waals surface area contributed by atoms with Crippen LogP contribution in [0.15, 0.2) is 86.8 Å². The van der Waals surface area contributed by atoms with Crippen LogP contribution >= 0.6 is 58.6 Å². The zero-order chi connectivity index (χ0) is 50.2. The van der Waals surface area contributed by atoms with Crippen LogP contribution in [0.4, 0.5) is 10.7 Å². The van der Waals surface area contributed by atoms with E-state index in [1.807, 2.05) is 55.2 Å². The van der Waals surface area contributed by atoms with Gasteiger partial charge in [0.25, 0.3) is 0 Å². The first-order chi connectivity index (χ1) is 33.1. The fourth-order valence-corrected chi connectivity index (χ4v) is 15.6. The van der Waals surface area contributed by atoms with Crippen LogP contribution < -0.4 is 10.0 Å². The largest absolute Gasteiger partial charge is 0.508 e. The van der Waals surface area contributed by atoms with Crippen LogP contribution in [0.2, 0.25) is 5.02 Å². The lowest BCUT2D eigenvalue weighted by atomic mass is 9.75. The molecule has 5 aromatic rings. The van der Waals surface area contributed by atoms with Gasteiger partial charge in [0.1, 0.15) is 17.2 Å². The zero-order valence-electron chi connectivity index (χ0n) is 41.1. The minimum atomic E-state index is -3.90. The number of aromatic nitrogens is 1. The lowest BCUT2D eigenvalue weighted by molar-refractivity contribution is 0.319. The summed E-state index contributed by atoms with van der Waals surface area (Å²) in [5.41, 5.74) is 5.44. The van der Waals surface area contributed by atoms with Gasteiger partial charge >= 0.3 is 0 Å². The Morgan fingerprint density at radius 2 is 1.50 bits per heavy atom. The van der Waals surface area contributed by atoms with E-state index < -0.39 is 10.0 Å². The van der Waals surface area contributed by atoms with Crippen molar-refractivity contribution in [2.45, 2.75) is 103 Å². The second-order valence-electron chi connectivity index (χ2n) is 20.4. The third kappa shape index (κ3) is 12.3. The summed E-state index contributed by atoms with van der Waals surface area (Å²) in [7, 11) is 0.200. The van der Waals surface area contributed by atoms with Crippen molar-refractivity contribution in [1.82, 2.24) is 28.5 Å². The fourth-order valence-electron chi connectivity index (χ4n) is 9.63. The van der Waals surface area contributed by atoms with Crippen LogP contribution in [-0.4, -0.2) is 112 Å².